The van der Waals surface area contributed by atoms with Gasteiger partial charge < -0.3 is 9.64 Å². The van der Waals surface area contributed by atoms with E-state index >= 15 is 0 Å². The Morgan fingerprint density at radius 2 is 1.82 bits per heavy atom. The molecule has 4 heteroatoms. The van der Waals surface area contributed by atoms with Crippen molar-refractivity contribution in [2.45, 2.75) is 39.2 Å². The summed E-state index contributed by atoms with van der Waals surface area (Å²) in [5.41, 5.74) is 2.22. The highest BCUT2D eigenvalue weighted by atomic mass is 19.1. The molecule has 2 aliphatic rings. The van der Waals surface area contributed by atoms with E-state index in [1.165, 1.54) is 17.7 Å². The van der Waals surface area contributed by atoms with Crippen molar-refractivity contribution in [3.05, 3.63) is 41.2 Å². The summed E-state index contributed by atoms with van der Waals surface area (Å²) in [7, 11) is 0. The van der Waals surface area contributed by atoms with Crippen molar-refractivity contribution in [3.63, 3.8) is 0 Å². The Labute approximate surface area is 130 Å². The van der Waals surface area contributed by atoms with E-state index < -0.39 is 5.60 Å². The van der Waals surface area contributed by atoms with Gasteiger partial charge in [-0.05, 0) is 51.3 Å². The van der Waals surface area contributed by atoms with Crippen LogP contribution in [0.4, 0.5) is 9.18 Å². The first-order valence-electron chi connectivity index (χ1n) is 7.68. The summed E-state index contributed by atoms with van der Waals surface area (Å²) in [6.07, 6.45) is 3.95. The SMILES string of the molecule is CC(C)(C)OC(=O)N1CC2(CC(=Cc3ccc(F)cc3)C2)C1. The van der Waals surface area contributed by atoms with Crippen LogP contribution in [0.1, 0.15) is 39.2 Å². The molecule has 3 rings (SSSR count). The molecule has 1 heterocycles. The third kappa shape index (κ3) is 3.16. The van der Waals surface area contributed by atoms with Crippen molar-refractivity contribution < 1.29 is 13.9 Å². The number of carbonyl (C=O) groups is 1. The zero-order valence-corrected chi connectivity index (χ0v) is 13.4. The van der Waals surface area contributed by atoms with Gasteiger partial charge >= 0.3 is 6.09 Å². The summed E-state index contributed by atoms with van der Waals surface area (Å²) in [6, 6.07) is 6.55. The van der Waals surface area contributed by atoms with Crippen LogP contribution in [0.5, 0.6) is 0 Å². The first-order valence-corrected chi connectivity index (χ1v) is 7.68. The molecule has 0 bridgehead atoms. The number of benzene rings is 1. The van der Waals surface area contributed by atoms with E-state index in [1.54, 1.807) is 17.0 Å². The summed E-state index contributed by atoms with van der Waals surface area (Å²) in [4.78, 5) is 13.7. The lowest BCUT2D eigenvalue weighted by Crippen LogP contribution is -2.62. The lowest BCUT2D eigenvalue weighted by Gasteiger charge is -2.56. The summed E-state index contributed by atoms with van der Waals surface area (Å²) < 4.78 is 18.2. The maximum Gasteiger partial charge on any atom is 0.410 e. The third-order valence-corrected chi connectivity index (χ3v) is 4.15. The lowest BCUT2D eigenvalue weighted by atomic mass is 9.60. The molecule has 1 amide bonds. The fraction of sp³-hybridized carbons (Fsp3) is 0.500. The second kappa shape index (κ2) is 5.11. The van der Waals surface area contributed by atoms with Crippen LogP contribution in [-0.2, 0) is 4.74 Å². The normalized spacial score (nSPS) is 19.5. The number of ether oxygens (including phenoxy) is 1. The fourth-order valence-corrected chi connectivity index (χ4v) is 3.25. The van der Waals surface area contributed by atoms with Gasteiger partial charge in [0.05, 0.1) is 0 Å². The highest BCUT2D eigenvalue weighted by Gasteiger charge is 2.52. The molecule has 0 aromatic heterocycles. The van der Waals surface area contributed by atoms with Crippen LogP contribution < -0.4 is 0 Å². The second-order valence-corrected chi connectivity index (χ2v) is 7.54. The zero-order valence-electron chi connectivity index (χ0n) is 13.4. The maximum atomic E-state index is 12.9. The van der Waals surface area contributed by atoms with E-state index in [-0.39, 0.29) is 17.3 Å². The van der Waals surface area contributed by atoms with Crippen LogP contribution in [0.15, 0.2) is 29.8 Å². The number of allylic oxidation sites excluding steroid dienone is 1. The molecule has 2 fully saturated rings. The van der Waals surface area contributed by atoms with Crippen molar-refractivity contribution in [1.29, 1.82) is 0 Å². The van der Waals surface area contributed by atoms with Gasteiger partial charge in [-0.1, -0.05) is 23.8 Å². The average molecular weight is 303 g/mol. The molecule has 1 aliphatic heterocycles. The fourth-order valence-electron chi connectivity index (χ4n) is 3.25. The summed E-state index contributed by atoms with van der Waals surface area (Å²) >= 11 is 0. The van der Waals surface area contributed by atoms with Crippen LogP contribution in [0.2, 0.25) is 0 Å². The molecule has 1 saturated carbocycles. The Bertz CT molecular complexity index is 597. The van der Waals surface area contributed by atoms with Crippen molar-refractivity contribution in [2.24, 2.45) is 5.41 Å². The van der Waals surface area contributed by atoms with Crippen LogP contribution >= 0.6 is 0 Å². The number of rotatable bonds is 1. The topological polar surface area (TPSA) is 29.5 Å². The molecular formula is C18H22FNO2. The Kier molecular flexibility index (Phi) is 3.50. The van der Waals surface area contributed by atoms with Gasteiger partial charge in [0.1, 0.15) is 11.4 Å². The molecule has 118 valence electrons. The third-order valence-electron chi connectivity index (χ3n) is 4.15. The number of nitrogens with zero attached hydrogens (tertiary/aromatic N) is 1. The standard InChI is InChI=1S/C18H22FNO2/c1-17(2,3)22-16(21)20-11-18(12-20)9-14(10-18)8-13-4-6-15(19)7-5-13/h4-8H,9-12H2,1-3H3. The van der Waals surface area contributed by atoms with Crippen molar-refractivity contribution in [2.75, 3.05) is 13.1 Å². The van der Waals surface area contributed by atoms with Gasteiger partial charge in [0.25, 0.3) is 0 Å². The molecule has 0 unspecified atom stereocenters. The maximum absolute atomic E-state index is 12.9. The molecule has 0 N–H and O–H groups in total. The van der Waals surface area contributed by atoms with Gasteiger partial charge in [0.15, 0.2) is 0 Å². The largest absolute Gasteiger partial charge is 0.444 e. The van der Waals surface area contributed by atoms with Crippen LogP contribution in [0.3, 0.4) is 0 Å². The summed E-state index contributed by atoms with van der Waals surface area (Å²) in [6.45, 7) is 7.21. The van der Waals surface area contributed by atoms with Gasteiger partial charge in [-0.2, -0.15) is 0 Å². The average Bonchev–Trinajstić information content (AvgIpc) is 2.30. The molecular weight excluding hydrogens is 281 g/mol. The van der Waals surface area contributed by atoms with E-state index in [1.807, 2.05) is 20.8 Å². The van der Waals surface area contributed by atoms with E-state index in [0.29, 0.717) is 0 Å². The number of hydrogen-bond acceptors (Lipinski definition) is 2. The molecule has 1 saturated heterocycles. The van der Waals surface area contributed by atoms with E-state index in [0.717, 1.165) is 31.5 Å². The van der Waals surface area contributed by atoms with Gasteiger partial charge in [0, 0.05) is 18.5 Å². The number of amides is 1. The number of halogens is 1. The molecule has 1 aromatic carbocycles. The minimum absolute atomic E-state index is 0.209. The monoisotopic (exact) mass is 303 g/mol. The van der Waals surface area contributed by atoms with Crippen molar-refractivity contribution in [3.8, 4) is 0 Å². The number of carbonyl (C=O) groups excluding carboxylic acids is 1. The zero-order chi connectivity index (χ0) is 16.0. The Hall–Kier alpha value is -1.84. The Morgan fingerprint density at radius 3 is 2.36 bits per heavy atom. The highest BCUT2D eigenvalue weighted by molar-refractivity contribution is 5.70. The van der Waals surface area contributed by atoms with Crippen molar-refractivity contribution >= 4 is 12.2 Å². The highest BCUT2D eigenvalue weighted by Crippen LogP contribution is 2.52. The van der Waals surface area contributed by atoms with Gasteiger partial charge in [-0.15, -0.1) is 0 Å². The molecule has 0 atom stereocenters. The first-order chi connectivity index (χ1) is 10.2. The quantitative estimate of drug-likeness (QED) is 0.776. The molecule has 22 heavy (non-hydrogen) atoms. The van der Waals surface area contributed by atoms with Gasteiger partial charge in [-0.3, -0.25) is 0 Å². The number of likely N-dealkylation sites (tertiary alicyclic amines) is 1. The summed E-state index contributed by atoms with van der Waals surface area (Å²) in [5.74, 6) is -0.209. The number of hydrogen-bond donors (Lipinski definition) is 0. The predicted octanol–water partition coefficient (Wildman–Crippen LogP) is 4.24. The van der Waals surface area contributed by atoms with E-state index in [4.69, 9.17) is 4.74 Å². The van der Waals surface area contributed by atoms with Gasteiger partial charge in [-0.25, -0.2) is 9.18 Å². The van der Waals surface area contributed by atoms with Crippen LogP contribution in [0.25, 0.3) is 6.08 Å². The van der Waals surface area contributed by atoms with E-state index in [2.05, 4.69) is 6.08 Å². The second-order valence-electron chi connectivity index (χ2n) is 7.54. The predicted molar refractivity (Wildman–Crippen MR) is 83.9 cm³/mol. The van der Waals surface area contributed by atoms with Crippen molar-refractivity contribution in [1.82, 2.24) is 4.90 Å². The molecule has 1 aromatic rings. The molecule has 3 nitrogen and oxygen atoms in total. The summed E-state index contributed by atoms with van der Waals surface area (Å²) in [5, 5.41) is 0. The van der Waals surface area contributed by atoms with Crippen LogP contribution in [-0.4, -0.2) is 29.7 Å². The van der Waals surface area contributed by atoms with Crippen LogP contribution in [0, 0.1) is 11.2 Å². The Morgan fingerprint density at radius 1 is 1.23 bits per heavy atom. The first kappa shape index (κ1) is 15.1. The lowest BCUT2D eigenvalue weighted by molar-refractivity contribution is -0.0498. The van der Waals surface area contributed by atoms with E-state index in [9.17, 15) is 9.18 Å². The Balaban J connectivity index is 1.50. The minimum Gasteiger partial charge on any atom is -0.444 e. The smallest absolute Gasteiger partial charge is 0.410 e. The van der Waals surface area contributed by atoms with Gasteiger partial charge in [0.2, 0.25) is 0 Å². The minimum atomic E-state index is -0.437. The molecule has 1 spiro atoms. The molecule has 1 aliphatic carbocycles. The molecule has 0 radical (unpaired) electrons.